The van der Waals surface area contributed by atoms with Gasteiger partial charge < -0.3 is 5.11 Å². The molecule has 2 aromatic rings. The maximum atomic E-state index is 9.71. The zero-order valence-corrected chi connectivity index (χ0v) is 11.5. The minimum atomic E-state index is -0.377. The highest BCUT2D eigenvalue weighted by Gasteiger charge is 2.06. The molecule has 3 heteroatoms. The second kappa shape index (κ2) is 7.10. The third-order valence-electron chi connectivity index (χ3n) is 3.37. The molecular formula is C16H22N2O. The molecule has 1 N–H and O–H groups in total. The van der Waals surface area contributed by atoms with Gasteiger partial charge in [0.05, 0.1) is 12.3 Å². The molecule has 19 heavy (non-hydrogen) atoms. The average molecular weight is 258 g/mol. The first-order valence-corrected chi connectivity index (χ1v) is 7.04. The summed E-state index contributed by atoms with van der Waals surface area (Å²) in [6.45, 7) is 2.89. The first kappa shape index (κ1) is 13.8. The lowest BCUT2D eigenvalue weighted by Gasteiger charge is -2.04. The number of aromatic nitrogens is 2. The first-order chi connectivity index (χ1) is 9.29. The van der Waals surface area contributed by atoms with Gasteiger partial charge in [0.15, 0.2) is 0 Å². The first-order valence-electron chi connectivity index (χ1n) is 7.04. The van der Waals surface area contributed by atoms with Crippen molar-refractivity contribution in [2.45, 2.75) is 45.3 Å². The molecule has 1 heterocycles. The van der Waals surface area contributed by atoms with E-state index in [1.807, 2.05) is 23.9 Å². The highest BCUT2D eigenvalue weighted by molar-refractivity contribution is 5.14. The average Bonchev–Trinajstić information content (AvgIpc) is 2.93. The van der Waals surface area contributed by atoms with Crippen molar-refractivity contribution in [3.8, 4) is 0 Å². The molecule has 2 rings (SSSR count). The van der Waals surface area contributed by atoms with Gasteiger partial charge in [-0.05, 0) is 31.2 Å². The largest absolute Gasteiger partial charge is 0.388 e. The standard InChI is InChI=1S/C16H22N2O/c1-2-16(19)15-12-17-18(13-15)11-7-6-10-14-8-4-3-5-9-14/h3-5,8-9,12-13,16,19H,2,6-7,10-11H2,1H3. The molecule has 0 bridgehead atoms. The fraction of sp³-hybridized carbons (Fsp3) is 0.438. The van der Waals surface area contributed by atoms with Gasteiger partial charge in [-0.2, -0.15) is 5.10 Å². The maximum Gasteiger partial charge on any atom is 0.0817 e. The summed E-state index contributed by atoms with van der Waals surface area (Å²) in [7, 11) is 0. The van der Waals surface area contributed by atoms with Gasteiger partial charge in [-0.25, -0.2) is 0 Å². The van der Waals surface area contributed by atoms with Crippen LogP contribution in [0.5, 0.6) is 0 Å². The predicted octanol–water partition coefficient (Wildman–Crippen LogP) is 3.35. The van der Waals surface area contributed by atoms with Crippen molar-refractivity contribution >= 4 is 0 Å². The van der Waals surface area contributed by atoms with E-state index in [0.29, 0.717) is 0 Å². The highest BCUT2D eigenvalue weighted by Crippen LogP contribution is 2.15. The number of aliphatic hydroxyl groups excluding tert-OH is 1. The van der Waals surface area contributed by atoms with Gasteiger partial charge in [0.2, 0.25) is 0 Å². The quantitative estimate of drug-likeness (QED) is 0.773. The Kier molecular flexibility index (Phi) is 5.16. The van der Waals surface area contributed by atoms with Crippen molar-refractivity contribution in [2.24, 2.45) is 0 Å². The minimum Gasteiger partial charge on any atom is -0.388 e. The van der Waals surface area contributed by atoms with Gasteiger partial charge >= 0.3 is 0 Å². The molecule has 0 saturated heterocycles. The Morgan fingerprint density at radius 2 is 2.00 bits per heavy atom. The fourth-order valence-corrected chi connectivity index (χ4v) is 2.16. The van der Waals surface area contributed by atoms with Crippen molar-refractivity contribution in [2.75, 3.05) is 0 Å². The van der Waals surface area contributed by atoms with Crippen LogP contribution in [-0.2, 0) is 13.0 Å². The summed E-state index contributed by atoms with van der Waals surface area (Å²) in [6.07, 6.45) is 7.47. The smallest absolute Gasteiger partial charge is 0.0817 e. The third-order valence-corrected chi connectivity index (χ3v) is 3.37. The molecule has 1 atom stereocenters. The zero-order valence-electron chi connectivity index (χ0n) is 11.5. The number of hydrogen-bond donors (Lipinski definition) is 1. The summed E-state index contributed by atoms with van der Waals surface area (Å²) in [5.41, 5.74) is 2.32. The molecule has 0 spiro atoms. The summed E-state index contributed by atoms with van der Waals surface area (Å²) in [5.74, 6) is 0. The Balaban J connectivity index is 1.72. The summed E-state index contributed by atoms with van der Waals surface area (Å²) < 4.78 is 1.93. The topological polar surface area (TPSA) is 38.1 Å². The van der Waals surface area contributed by atoms with Crippen LogP contribution in [0.2, 0.25) is 0 Å². The van der Waals surface area contributed by atoms with E-state index in [1.165, 1.54) is 5.56 Å². The second-order valence-electron chi connectivity index (χ2n) is 4.90. The van der Waals surface area contributed by atoms with Crippen molar-refractivity contribution in [3.63, 3.8) is 0 Å². The number of unbranched alkanes of at least 4 members (excludes halogenated alkanes) is 1. The highest BCUT2D eigenvalue weighted by atomic mass is 16.3. The molecule has 0 fully saturated rings. The summed E-state index contributed by atoms with van der Waals surface area (Å²) in [5, 5.41) is 14.0. The van der Waals surface area contributed by atoms with Crippen LogP contribution in [0.4, 0.5) is 0 Å². The van der Waals surface area contributed by atoms with Crippen LogP contribution in [0, 0.1) is 0 Å². The van der Waals surface area contributed by atoms with E-state index in [2.05, 4.69) is 29.4 Å². The minimum absolute atomic E-state index is 0.377. The molecule has 0 amide bonds. The molecule has 3 nitrogen and oxygen atoms in total. The van der Waals surface area contributed by atoms with Gasteiger partial charge in [0, 0.05) is 18.3 Å². The van der Waals surface area contributed by atoms with Gasteiger partial charge in [-0.15, -0.1) is 0 Å². The van der Waals surface area contributed by atoms with E-state index >= 15 is 0 Å². The molecule has 1 aromatic heterocycles. The molecule has 0 radical (unpaired) electrons. The Hall–Kier alpha value is -1.61. The van der Waals surface area contributed by atoms with E-state index < -0.39 is 0 Å². The van der Waals surface area contributed by atoms with Crippen LogP contribution in [0.1, 0.15) is 43.4 Å². The Morgan fingerprint density at radius 1 is 1.21 bits per heavy atom. The number of nitrogens with zero attached hydrogens (tertiary/aromatic N) is 2. The zero-order chi connectivity index (χ0) is 13.5. The van der Waals surface area contributed by atoms with Gasteiger partial charge in [-0.1, -0.05) is 37.3 Å². The fourth-order valence-electron chi connectivity index (χ4n) is 2.16. The maximum absolute atomic E-state index is 9.71. The normalized spacial score (nSPS) is 12.5. The van der Waals surface area contributed by atoms with E-state index in [-0.39, 0.29) is 6.10 Å². The lowest BCUT2D eigenvalue weighted by Crippen LogP contribution is -1.99. The lowest BCUT2D eigenvalue weighted by atomic mass is 10.1. The van der Waals surface area contributed by atoms with E-state index in [9.17, 15) is 5.11 Å². The Labute approximate surface area is 114 Å². The van der Waals surface area contributed by atoms with Crippen molar-refractivity contribution < 1.29 is 5.11 Å². The lowest BCUT2D eigenvalue weighted by molar-refractivity contribution is 0.173. The number of aliphatic hydroxyl groups is 1. The van der Waals surface area contributed by atoms with Gasteiger partial charge in [0.25, 0.3) is 0 Å². The van der Waals surface area contributed by atoms with Crippen LogP contribution in [0.15, 0.2) is 42.7 Å². The van der Waals surface area contributed by atoms with Crippen molar-refractivity contribution in [3.05, 3.63) is 53.9 Å². The summed E-state index contributed by atoms with van der Waals surface area (Å²) in [6, 6.07) is 10.6. The van der Waals surface area contributed by atoms with Crippen molar-refractivity contribution in [1.82, 2.24) is 9.78 Å². The SMILES string of the molecule is CCC(O)c1cnn(CCCCc2ccccc2)c1. The van der Waals surface area contributed by atoms with E-state index in [1.54, 1.807) is 6.20 Å². The molecule has 0 aliphatic carbocycles. The molecule has 1 unspecified atom stereocenters. The Bertz CT molecular complexity index is 479. The molecule has 0 saturated carbocycles. The molecule has 102 valence electrons. The van der Waals surface area contributed by atoms with E-state index in [0.717, 1.165) is 37.8 Å². The van der Waals surface area contributed by atoms with Crippen molar-refractivity contribution in [1.29, 1.82) is 0 Å². The number of hydrogen-bond acceptors (Lipinski definition) is 2. The number of aryl methyl sites for hydroxylation is 2. The van der Waals surface area contributed by atoms with Crippen LogP contribution in [0.25, 0.3) is 0 Å². The van der Waals surface area contributed by atoms with Crippen LogP contribution < -0.4 is 0 Å². The van der Waals surface area contributed by atoms with Gasteiger partial charge in [-0.3, -0.25) is 4.68 Å². The molecular weight excluding hydrogens is 236 g/mol. The van der Waals surface area contributed by atoms with Crippen LogP contribution >= 0.6 is 0 Å². The molecule has 0 aliphatic rings. The Morgan fingerprint density at radius 3 is 2.74 bits per heavy atom. The van der Waals surface area contributed by atoms with Crippen LogP contribution in [0.3, 0.4) is 0 Å². The van der Waals surface area contributed by atoms with Crippen LogP contribution in [-0.4, -0.2) is 14.9 Å². The molecule has 1 aromatic carbocycles. The summed E-state index contributed by atoms with van der Waals surface area (Å²) >= 11 is 0. The number of benzene rings is 1. The second-order valence-corrected chi connectivity index (χ2v) is 4.90. The van der Waals surface area contributed by atoms with Gasteiger partial charge in [0.1, 0.15) is 0 Å². The third kappa shape index (κ3) is 4.21. The predicted molar refractivity (Wildman–Crippen MR) is 76.9 cm³/mol. The summed E-state index contributed by atoms with van der Waals surface area (Å²) in [4.78, 5) is 0. The number of rotatable bonds is 7. The monoisotopic (exact) mass is 258 g/mol. The van der Waals surface area contributed by atoms with E-state index in [4.69, 9.17) is 0 Å². The molecule has 0 aliphatic heterocycles.